The average Bonchev–Trinajstić information content (AvgIpc) is 2.93. The molecule has 2 amide bonds. The Kier molecular flexibility index (Phi) is 10.5. The van der Waals surface area contributed by atoms with Crippen LogP contribution >= 0.6 is 23.5 Å². The first-order valence-corrected chi connectivity index (χ1v) is 14.4. The molecule has 4 rings (SSSR count). The number of fused-ring (bicyclic) bond motifs is 2. The van der Waals surface area contributed by atoms with Crippen molar-refractivity contribution in [2.24, 2.45) is 11.8 Å². The molecule has 0 fully saturated rings. The van der Waals surface area contributed by atoms with Gasteiger partial charge < -0.3 is 20.1 Å². The van der Waals surface area contributed by atoms with Crippen LogP contribution in [0.1, 0.15) is 47.4 Å². The van der Waals surface area contributed by atoms with Crippen molar-refractivity contribution in [3.63, 3.8) is 0 Å². The standard InChI is InChI=1S/C15H17NO4S.C13H13NO4S/c1-9(6-14(18)20-3)15(19)10-4-5-11-12(7-10)21-8-13(17)16(11)2;1-7(4-12(16)17)13(18)8-2-3-9-10(5-8)19-6-11(15)14-9/h4-5,7,9H,6,8H2,1-3H3;2-3,5,7H,4,6H2,1H3,(H,14,15)(H,16,17). The second kappa shape index (κ2) is 13.6. The Morgan fingerprint density at radius 2 is 1.50 bits per heavy atom. The molecular weight excluding hydrogens is 556 g/mol. The van der Waals surface area contributed by atoms with E-state index in [1.165, 1.54) is 30.6 Å². The van der Waals surface area contributed by atoms with Crippen LogP contribution in [0, 0.1) is 11.8 Å². The number of carboxylic acids is 1. The number of methoxy groups -OCH3 is 1. The highest BCUT2D eigenvalue weighted by Gasteiger charge is 2.25. The van der Waals surface area contributed by atoms with Crippen molar-refractivity contribution in [1.82, 2.24) is 0 Å². The number of carbonyl (C=O) groups is 6. The number of benzene rings is 2. The van der Waals surface area contributed by atoms with Gasteiger partial charge >= 0.3 is 11.9 Å². The Morgan fingerprint density at radius 1 is 0.925 bits per heavy atom. The topological polar surface area (TPSA) is 147 Å². The Morgan fingerprint density at radius 3 is 2.12 bits per heavy atom. The minimum atomic E-state index is -0.986. The van der Waals surface area contributed by atoms with Gasteiger partial charge in [-0.05, 0) is 36.4 Å². The van der Waals surface area contributed by atoms with Gasteiger partial charge in [0.1, 0.15) is 0 Å². The highest BCUT2D eigenvalue weighted by molar-refractivity contribution is 8.00. The number of rotatable bonds is 8. The lowest BCUT2D eigenvalue weighted by molar-refractivity contribution is -0.141. The summed E-state index contributed by atoms with van der Waals surface area (Å²) >= 11 is 2.80. The number of nitrogens with zero attached hydrogens (tertiary/aromatic N) is 1. The fourth-order valence-electron chi connectivity index (χ4n) is 4.01. The number of aliphatic carboxylic acids is 1. The molecule has 10 nitrogen and oxygen atoms in total. The number of amides is 2. The summed E-state index contributed by atoms with van der Waals surface area (Å²) in [6.07, 6.45) is -0.113. The fraction of sp³-hybridized carbons (Fsp3) is 0.357. The van der Waals surface area contributed by atoms with Crippen molar-refractivity contribution >= 4 is 70.2 Å². The van der Waals surface area contributed by atoms with Gasteiger partial charge in [0.25, 0.3) is 0 Å². The predicted molar refractivity (Wildman–Crippen MR) is 152 cm³/mol. The van der Waals surface area contributed by atoms with Gasteiger partial charge in [-0.15, -0.1) is 23.5 Å². The van der Waals surface area contributed by atoms with E-state index >= 15 is 0 Å². The highest BCUT2D eigenvalue weighted by Crippen LogP contribution is 2.36. The number of carbonyl (C=O) groups excluding carboxylic acids is 5. The first-order chi connectivity index (χ1) is 18.9. The summed E-state index contributed by atoms with van der Waals surface area (Å²) in [5.41, 5.74) is 2.55. The smallest absolute Gasteiger partial charge is 0.306 e. The van der Waals surface area contributed by atoms with Gasteiger partial charge in [0, 0.05) is 39.8 Å². The maximum absolute atomic E-state index is 12.3. The van der Waals surface area contributed by atoms with E-state index in [-0.39, 0.29) is 36.2 Å². The largest absolute Gasteiger partial charge is 0.481 e. The number of hydrogen-bond donors (Lipinski definition) is 2. The molecule has 2 aromatic rings. The van der Waals surface area contributed by atoms with E-state index in [2.05, 4.69) is 10.1 Å². The number of ketones is 2. The third-order valence-electron chi connectivity index (χ3n) is 6.31. The van der Waals surface area contributed by atoms with Gasteiger partial charge in [-0.1, -0.05) is 13.8 Å². The normalized spacial score (nSPS) is 15.3. The van der Waals surface area contributed by atoms with Gasteiger partial charge in [-0.25, -0.2) is 0 Å². The van der Waals surface area contributed by atoms with Crippen molar-refractivity contribution in [2.45, 2.75) is 36.5 Å². The van der Waals surface area contributed by atoms with Crippen LogP contribution in [0.4, 0.5) is 11.4 Å². The van der Waals surface area contributed by atoms with E-state index in [0.29, 0.717) is 28.3 Å². The Hall–Kier alpha value is -3.64. The molecule has 12 heteroatoms. The number of thioether (sulfide) groups is 2. The SMILES string of the molecule is CC(CC(=O)O)C(=O)c1ccc2c(c1)SCC(=O)N2.COC(=O)CC(C)C(=O)c1ccc2c(c1)SCC(=O)N2C. The molecule has 2 atom stereocenters. The van der Waals surface area contributed by atoms with Crippen LogP contribution in [0.5, 0.6) is 0 Å². The first-order valence-electron chi connectivity index (χ1n) is 12.4. The summed E-state index contributed by atoms with van der Waals surface area (Å²) in [5, 5.41) is 11.4. The van der Waals surface area contributed by atoms with Crippen molar-refractivity contribution in [3.8, 4) is 0 Å². The van der Waals surface area contributed by atoms with E-state index in [4.69, 9.17) is 5.11 Å². The van der Waals surface area contributed by atoms with Gasteiger partial charge in [0.2, 0.25) is 11.8 Å². The van der Waals surface area contributed by atoms with Crippen LogP contribution in [-0.4, -0.2) is 66.1 Å². The Labute approximate surface area is 240 Å². The molecule has 2 heterocycles. The van der Waals surface area contributed by atoms with Crippen molar-refractivity contribution < 1.29 is 38.6 Å². The first kappa shape index (κ1) is 30.9. The molecule has 0 radical (unpaired) electrons. The van der Waals surface area contributed by atoms with Crippen LogP contribution < -0.4 is 10.2 Å². The van der Waals surface area contributed by atoms with Crippen LogP contribution in [0.25, 0.3) is 0 Å². The molecule has 0 saturated heterocycles. The van der Waals surface area contributed by atoms with E-state index in [9.17, 15) is 28.8 Å². The number of anilines is 2. The molecule has 2 aliphatic rings. The fourth-order valence-corrected chi connectivity index (χ4v) is 5.89. The third kappa shape index (κ3) is 7.72. The maximum atomic E-state index is 12.3. The van der Waals surface area contributed by atoms with E-state index in [1.54, 1.807) is 62.2 Å². The number of Topliss-reactive ketones (excluding diaryl/α,β-unsaturated/α-hetero) is 2. The monoisotopic (exact) mass is 586 g/mol. The Bertz CT molecular complexity index is 1360. The minimum Gasteiger partial charge on any atom is -0.481 e. The average molecular weight is 587 g/mol. The van der Waals surface area contributed by atoms with Gasteiger partial charge in [-0.2, -0.15) is 0 Å². The van der Waals surface area contributed by atoms with Gasteiger partial charge in [0.05, 0.1) is 42.8 Å². The van der Waals surface area contributed by atoms with Gasteiger partial charge in [-0.3, -0.25) is 28.8 Å². The third-order valence-corrected chi connectivity index (χ3v) is 8.39. The molecule has 2 aliphatic heterocycles. The highest BCUT2D eigenvalue weighted by atomic mass is 32.2. The second-order valence-corrected chi connectivity index (χ2v) is 11.4. The van der Waals surface area contributed by atoms with E-state index in [0.717, 1.165) is 15.5 Å². The molecule has 0 saturated carbocycles. The number of nitrogens with one attached hydrogen (secondary N) is 1. The number of carboxylic acid groups (broad SMARTS) is 1. The summed E-state index contributed by atoms with van der Waals surface area (Å²) in [7, 11) is 3.03. The molecule has 2 aromatic carbocycles. The molecule has 0 bridgehead atoms. The zero-order valence-corrected chi connectivity index (χ0v) is 24.1. The number of esters is 1. The molecule has 2 N–H and O–H groups in total. The van der Waals surface area contributed by atoms with Crippen LogP contribution in [0.3, 0.4) is 0 Å². The van der Waals surface area contributed by atoms with E-state index < -0.39 is 23.8 Å². The quantitative estimate of drug-likeness (QED) is 0.341. The second-order valence-electron chi connectivity index (χ2n) is 9.38. The lowest BCUT2D eigenvalue weighted by Crippen LogP contribution is -2.31. The molecule has 2 unspecified atom stereocenters. The summed E-state index contributed by atoms with van der Waals surface area (Å²) in [6.45, 7) is 3.31. The zero-order chi connectivity index (χ0) is 29.6. The van der Waals surface area contributed by atoms with Crippen molar-refractivity contribution in [3.05, 3.63) is 47.5 Å². The van der Waals surface area contributed by atoms with Gasteiger partial charge in [0.15, 0.2) is 11.6 Å². The van der Waals surface area contributed by atoms with E-state index in [1.807, 2.05) is 0 Å². The molecule has 40 heavy (non-hydrogen) atoms. The number of ether oxygens (including phenoxy) is 1. The van der Waals surface area contributed by atoms with Crippen LogP contribution in [-0.2, 0) is 23.9 Å². The van der Waals surface area contributed by atoms with Crippen LogP contribution in [0.15, 0.2) is 46.2 Å². The summed E-state index contributed by atoms with van der Waals surface area (Å²) in [6, 6.07) is 10.3. The zero-order valence-electron chi connectivity index (χ0n) is 22.5. The molecule has 212 valence electrons. The lowest BCUT2D eigenvalue weighted by Gasteiger charge is -2.25. The molecule has 0 spiro atoms. The molecular formula is C28H30N2O8S2. The summed E-state index contributed by atoms with van der Waals surface area (Å²) in [5.74, 6) is -1.96. The van der Waals surface area contributed by atoms with Crippen LogP contribution in [0.2, 0.25) is 0 Å². The molecule has 0 aromatic heterocycles. The minimum absolute atomic E-state index is 0.0469. The summed E-state index contributed by atoms with van der Waals surface area (Å²) < 4.78 is 4.58. The Balaban J connectivity index is 0.000000222. The van der Waals surface area contributed by atoms with Crippen molar-refractivity contribution in [1.29, 1.82) is 0 Å². The lowest BCUT2D eigenvalue weighted by atomic mass is 9.96. The molecule has 0 aliphatic carbocycles. The maximum Gasteiger partial charge on any atom is 0.306 e. The number of hydrogen-bond acceptors (Lipinski definition) is 9. The summed E-state index contributed by atoms with van der Waals surface area (Å²) in [4.78, 5) is 72.4. The predicted octanol–water partition coefficient (Wildman–Crippen LogP) is 4.16. The van der Waals surface area contributed by atoms with Crippen molar-refractivity contribution in [2.75, 3.05) is 35.9 Å².